The SMILES string of the molecule is CCN1C(=O)[C@H]2[C@H](CC=C3[C@H](c4ccc(CO)o4)C4=C(C[C@H]32)C(=O)C(Br)=CC4=O)C1=O. The number of aliphatic hydroxyl groups is 1. The van der Waals surface area contributed by atoms with Crippen LogP contribution in [0.2, 0.25) is 0 Å². The number of rotatable bonds is 3. The molecule has 0 saturated carbocycles. The summed E-state index contributed by atoms with van der Waals surface area (Å²) in [4.78, 5) is 53.2. The van der Waals surface area contributed by atoms with Gasteiger partial charge < -0.3 is 9.52 Å². The number of aliphatic hydroxyl groups excluding tert-OH is 1. The standard InChI is InChI=1S/C23H20BrNO6/c1-2-25-22(29)12-5-4-11-13(18(12)23(25)30)7-14-19(16(27)8-15(24)21(14)28)20(11)17-6-3-10(9-26)31-17/h3-4,6,8,12-13,18,20,26H,2,5,7,9H2,1H3/t12-,13+,18-,20+/m0/s1. The Morgan fingerprint density at radius 1 is 1.16 bits per heavy atom. The molecule has 5 rings (SSSR count). The van der Waals surface area contributed by atoms with Crippen LogP contribution in [0.3, 0.4) is 0 Å². The summed E-state index contributed by atoms with van der Waals surface area (Å²) in [7, 11) is 0. The number of hydrogen-bond donors (Lipinski definition) is 1. The molecule has 3 aliphatic carbocycles. The number of fused-ring (bicyclic) bond motifs is 3. The number of halogens is 1. The average molecular weight is 486 g/mol. The molecule has 0 unspecified atom stereocenters. The van der Waals surface area contributed by atoms with Crippen LogP contribution in [0.5, 0.6) is 0 Å². The molecule has 0 aromatic carbocycles. The summed E-state index contributed by atoms with van der Waals surface area (Å²) in [5, 5.41) is 9.44. The van der Waals surface area contributed by atoms with Crippen LogP contribution in [0.25, 0.3) is 0 Å². The summed E-state index contributed by atoms with van der Waals surface area (Å²) in [5.41, 5.74) is 1.56. The highest BCUT2D eigenvalue weighted by Crippen LogP contribution is 2.55. The molecule has 160 valence electrons. The van der Waals surface area contributed by atoms with Gasteiger partial charge in [-0.1, -0.05) is 11.6 Å². The lowest BCUT2D eigenvalue weighted by Crippen LogP contribution is -2.39. The van der Waals surface area contributed by atoms with Gasteiger partial charge >= 0.3 is 0 Å². The van der Waals surface area contributed by atoms with E-state index < -0.39 is 17.8 Å². The van der Waals surface area contributed by atoms with Crippen molar-refractivity contribution >= 4 is 39.3 Å². The fraction of sp³-hybridized carbons (Fsp3) is 0.391. The maximum Gasteiger partial charge on any atom is 0.233 e. The number of carbonyl (C=O) groups excluding carboxylic acids is 4. The lowest BCUT2D eigenvalue weighted by atomic mass is 9.60. The third kappa shape index (κ3) is 2.81. The van der Waals surface area contributed by atoms with Crippen LogP contribution in [0.1, 0.15) is 37.2 Å². The maximum absolute atomic E-state index is 13.1. The molecular formula is C23H20BrNO6. The fourth-order valence-electron chi connectivity index (χ4n) is 5.55. The number of furan rings is 1. The number of allylic oxidation sites excluding steroid dienone is 6. The lowest BCUT2D eigenvalue weighted by molar-refractivity contribution is -0.139. The molecule has 4 aliphatic rings. The van der Waals surface area contributed by atoms with E-state index in [0.717, 1.165) is 5.57 Å². The first kappa shape index (κ1) is 20.3. The quantitative estimate of drug-likeness (QED) is 0.400. The van der Waals surface area contributed by atoms with Crippen molar-refractivity contribution in [3.63, 3.8) is 0 Å². The highest BCUT2D eigenvalue weighted by atomic mass is 79.9. The summed E-state index contributed by atoms with van der Waals surface area (Å²) in [6, 6.07) is 3.33. The van der Waals surface area contributed by atoms with Gasteiger partial charge in [-0.25, -0.2) is 0 Å². The maximum atomic E-state index is 13.1. The van der Waals surface area contributed by atoms with Gasteiger partial charge in [0.05, 0.1) is 22.2 Å². The first-order valence-electron chi connectivity index (χ1n) is 10.3. The first-order chi connectivity index (χ1) is 14.9. The molecule has 1 aromatic rings. The molecule has 1 saturated heterocycles. The third-order valence-electron chi connectivity index (χ3n) is 6.86. The number of ketones is 2. The smallest absolute Gasteiger partial charge is 0.233 e. The highest BCUT2D eigenvalue weighted by Gasteiger charge is 2.56. The lowest BCUT2D eigenvalue weighted by Gasteiger charge is -2.41. The monoisotopic (exact) mass is 485 g/mol. The second kappa shape index (κ2) is 7.24. The molecule has 8 heteroatoms. The van der Waals surface area contributed by atoms with Crippen molar-refractivity contribution in [2.24, 2.45) is 17.8 Å². The van der Waals surface area contributed by atoms with Crippen LogP contribution in [0, 0.1) is 17.8 Å². The average Bonchev–Trinajstić information content (AvgIpc) is 3.33. The van der Waals surface area contributed by atoms with Gasteiger partial charge in [0.2, 0.25) is 11.8 Å². The zero-order valence-corrected chi connectivity index (χ0v) is 18.3. The van der Waals surface area contributed by atoms with E-state index in [9.17, 15) is 24.3 Å². The first-order valence-corrected chi connectivity index (χ1v) is 11.1. The van der Waals surface area contributed by atoms with E-state index in [4.69, 9.17) is 4.42 Å². The van der Waals surface area contributed by atoms with Crippen LogP contribution >= 0.6 is 15.9 Å². The van der Waals surface area contributed by atoms with Crippen molar-refractivity contribution < 1.29 is 28.7 Å². The number of carbonyl (C=O) groups is 4. The van der Waals surface area contributed by atoms with Crippen LogP contribution in [0.15, 0.2) is 49.9 Å². The Kier molecular flexibility index (Phi) is 4.75. The van der Waals surface area contributed by atoms with Crippen molar-refractivity contribution in [3.8, 4) is 0 Å². The minimum Gasteiger partial charge on any atom is -0.463 e. The summed E-state index contributed by atoms with van der Waals surface area (Å²) in [6.45, 7) is 1.80. The predicted molar refractivity (Wildman–Crippen MR) is 112 cm³/mol. The summed E-state index contributed by atoms with van der Waals surface area (Å²) in [6.07, 6.45) is 3.86. The minimum atomic E-state index is -0.623. The van der Waals surface area contributed by atoms with Crippen molar-refractivity contribution in [1.82, 2.24) is 4.90 Å². The molecule has 7 nitrogen and oxygen atoms in total. The normalized spacial score (nSPS) is 30.2. The van der Waals surface area contributed by atoms with E-state index >= 15 is 0 Å². The van der Waals surface area contributed by atoms with Crippen LogP contribution in [0.4, 0.5) is 0 Å². The largest absolute Gasteiger partial charge is 0.463 e. The number of amides is 2. The van der Waals surface area contributed by atoms with E-state index in [2.05, 4.69) is 15.9 Å². The molecule has 1 aromatic heterocycles. The number of imide groups is 1. The zero-order chi connectivity index (χ0) is 22.0. The van der Waals surface area contributed by atoms with Crippen LogP contribution in [-0.4, -0.2) is 39.9 Å². The Morgan fingerprint density at radius 2 is 1.94 bits per heavy atom. The molecule has 2 heterocycles. The Bertz CT molecular complexity index is 1140. The van der Waals surface area contributed by atoms with E-state index in [1.807, 2.05) is 6.08 Å². The Labute approximate surface area is 186 Å². The molecule has 1 fully saturated rings. The van der Waals surface area contributed by atoms with Gasteiger partial charge in [0.15, 0.2) is 11.6 Å². The second-order valence-electron chi connectivity index (χ2n) is 8.28. The number of Topliss-reactive ketones (excluding diaryl/α,β-unsaturated/α-hetero) is 1. The molecule has 0 radical (unpaired) electrons. The second-order valence-corrected chi connectivity index (χ2v) is 9.13. The van der Waals surface area contributed by atoms with Crippen molar-refractivity contribution in [3.05, 3.63) is 57.0 Å². The van der Waals surface area contributed by atoms with E-state index in [0.29, 0.717) is 35.6 Å². The van der Waals surface area contributed by atoms with E-state index in [1.54, 1.807) is 19.1 Å². The van der Waals surface area contributed by atoms with Crippen LogP contribution in [-0.2, 0) is 25.8 Å². The van der Waals surface area contributed by atoms with Crippen molar-refractivity contribution in [2.75, 3.05) is 6.54 Å². The van der Waals surface area contributed by atoms with Gasteiger partial charge in [0.25, 0.3) is 0 Å². The fourth-order valence-corrected chi connectivity index (χ4v) is 5.99. The molecule has 31 heavy (non-hydrogen) atoms. The third-order valence-corrected chi connectivity index (χ3v) is 7.45. The minimum absolute atomic E-state index is 0.170. The molecule has 4 atom stereocenters. The molecule has 0 bridgehead atoms. The zero-order valence-electron chi connectivity index (χ0n) is 16.8. The van der Waals surface area contributed by atoms with Gasteiger partial charge in [0.1, 0.15) is 18.1 Å². The predicted octanol–water partition coefficient (Wildman–Crippen LogP) is 2.55. The highest BCUT2D eigenvalue weighted by molar-refractivity contribution is 9.12. The number of hydrogen-bond acceptors (Lipinski definition) is 6. The van der Waals surface area contributed by atoms with Gasteiger partial charge in [-0.15, -0.1) is 0 Å². The van der Waals surface area contributed by atoms with Gasteiger partial charge in [-0.2, -0.15) is 0 Å². The Morgan fingerprint density at radius 3 is 2.61 bits per heavy atom. The summed E-state index contributed by atoms with van der Waals surface area (Å²) in [5.74, 6) is -2.13. The molecular weight excluding hydrogens is 466 g/mol. The number of nitrogens with zero attached hydrogens (tertiary/aromatic N) is 1. The molecule has 1 aliphatic heterocycles. The number of likely N-dealkylation sites (tertiary alicyclic amines) is 1. The van der Waals surface area contributed by atoms with E-state index in [-0.39, 0.29) is 46.8 Å². The molecule has 1 N–H and O–H groups in total. The van der Waals surface area contributed by atoms with Gasteiger partial charge in [-0.05, 0) is 53.7 Å². The van der Waals surface area contributed by atoms with Gasteiger partial charge in [0, 0.05) is 23.8 Å². The van der Waals surface area contributed by atoms with Gasteiger partial charge in [-0.3, -0.25) is 24.1 Å². The summed E-state index contributed by atoms with van der Waals surface area (Å²) >= 11 is 3.19. The molecule has 2 amide bonds. The van der Waals surface area contributed by atoms with Crippen LogP contribution < -0.4 is 0 Å². The Balaban J connectivity index is 1.68. The van der Waals surface area contributed by atoms with E-state index in [1.165, 1.54) is 11.0 Å². The molecule has 0 spiro atoms. The topological polar surface area (TPSA) is 105 Å². The van der Waals surface area contributed by atoms with Crippen molar-refractivity contribution in [1.29, 1.82) is 0 Å². The van der Waals surface area contributed by atoms with Crippen molar-refractivity contribution in [2.45, 2.75) is 32.3 Å². The Hall–Kier alpha value is -2.58. The summed E-state index contributed by atoms with van der Waals surface area (Å²) < 4.78 is 5.99.